The molecule has 13 heavy (non-hydrogen) atoms. The average molecular weight is 197 g/mol. The molecule has 1 aliphatic heterocycles. The Morgan fingerprint density at radius 3 is 3.08 bits per heavy atom. The van der Waals surface area contributed by atoms with Gasteiger partial charge in [-0.15, -0.1) is 11.3 Å². The van der Waals surface area contributed by atoms with Crippen molar-refractivity contribution in [2.75, 3.05) is 20.1 Å². The molecule has 0 spiro atoms. The van der Waals surface area contributed by atoms with Gasteiger partial charge in [-0.25, -0.2) is 4.98 Å². The first-order chi connectivity index (χ1) is 6.25. The lowest BCUT2D eigenvalue weighted by Gasteiger charge is -2.11. The molecule has 2 atom stereocenters. The third kappa shape index (κ3) is 2.07. The van der Waals surface area contributed by atoms with Crippen molar-refractivity contribution in [2.45, 2.75) is 12.5 Å². The molecule has 1 saturated heterocycles. The van der Waals surface area contributed by atoms with Crippen molar-refractivity contribution < 1.29 is 0 Å². The van der Waals surface area contributed by atoms with Gasteiger partial charge in [-0.2, -0.15) is 0 Å². The summed E-state index contributed by atoms with van der Waals surface area (Å²) in [6, 6.07) is 0.326. The second-order valence-electron chi connectivity index (χ2n) is 3.83. The number of hydrogen-bond donors (Lipinski definition) is 1. The molecule has 72 valence electrons. The van der Waals surface area contributed by atoms with Gasteiger partial charge in [-0.1, -0.05) is 0 Å². The summed E-state index contributed by atoms with van der Waals surface area (Å²) >= 11 is 1.66. The molecule has 2 unspecified atom stereocenters. The van der Waals surface area contributed by atoms with Crippen molar-refractivity contribution in [3.05, 3.63) is 16.6 Å². The number of thiazole rings is 1. The van der Waals surface area contributed by atoms with Crippen LogP contribution in [0.2, 0.25) is 0 Å². The van der Waals surface area contributed by atoms with Gasteiger partial charge in [0.15, 0.2) is 0 Å². The highest BCUT2D eigenvalue weighted by Gasteiger charge is 2.27. The fourth-order valence-corrected chi connectivity index (χ4v) is 2.51. The minimum atomic E-state index is 0.326. The van der Waals surface area contributed by atoms with Crippen LogP contribution in [0.4, 0.5) is 0 Å². The Morgan fingerprint density at radius 2 is 2.54 bits per heavy atom. The first kappa shape index (κ1) is 9.12. The largest absolute Gasteiger partial charge is 0.326 e. The lowest BCUT2D eigenvalue weighted by atomic mass is 9.99. The van der Waals surface area contributed by atoms with E-state index in [1.807, 2.05) is 5.51 Å². The second kappa shape index (κ2) is 3.74. The Kier molecular flexibility index (Phi) is 2.62. The molecule has 0 amide bonds. The van der Waals surface area contributed by atoms with Crippen LogP contribution in [0.25, 0.3) is 0 Å². The van der Waals surface area contributed by atoms with Gasteiger partial charge < -0.3 is 10.6 Å². The van der Waals surface area contributed by atoms with Crippen molar-refractivity contribution >= 4 is 11.3 Å². The number of hydrogen-bond acceptors (Lipinski definition) is 4. The monoisotopic (exact) mass is 197 g/mol. The maximum absolute atomic E-state index is 6.02. The Balaban J connectivity index is 1.95. The summed E-state index contributed by atoms with van der Waals surface area (Å²) in [5.74, 6) is 0.590. The summed E-state index contributed by atoms with van der Waals surface area (Å²) in [6.07, 6.45) is 1.04. The smallest absolute Gasteiger partial charge is 0.0794 e. The van der Waals surface area contributed by atoms with E-state index in [1.165, 1.54) is 5.69 Å². The Labute approximate surface area is 82.6 Å². The van der Waals surface area contributed by atoms with E-state index in [-0.39, 0.29) is 0 Å². The zero-order valence-electron chi connectivity index (χ0n) is 7.81. The van der Waals surface area contributed by atoms with Gasteiger partial charge in [0.05, 0.1) is 11.2 Å². The van der Waals surface area contributed by atoms with Crippen molar-refractivity contribution in [2.24, 2.45) is 11.7 Å². The maximum atomic E-state index is 6.02. The molecule has 4 heteroatoms. The second-order valence-corrected chi connectivity index (χ2v) is 4.55. The van der Waals surface area contributed by atoms with Crippen LogP contribution < -0.4 is 5.73 Å². The molecule has 3 nitrogen and oxygen atoms in total. The Hall–Kier alpha value is -0.450. The van der Waals surface area contributed by atoms with Crippen molar-refractivity contribution in [3.8, 4) is 0 Å². The van der Waals surface area contributed by atoms with E-state index >= 15 is 0 Å². The van der Waals surface area contributed by atoms with Crippen LogP contribution in [-0.2, 0) is 6.42 Å². The predicted octanol–water partition coefficient (Wildman–Crippen LogP) is 0.575. The van der Waals surface area contributed by atoms with Crippen LogP contribution >= 0.6 is 11.3 Å². The highest BCUT2D eigenvalue weighted by atomic mass is 32.1. The number of nitrogens with two attached hydrogens (primary N) is 1. The number of likely N-dealkylation sites (tertiary alicyclic amines) is 1. The van der Waals surface area contributed by atoms with Crippen molar-refractivity contribution in [1.29, 1.82) is 0 Å². The van der Waals surface area contributed by atoms with Crippen LogP contribution in [-0.4, -0.2) is 36.1 Å². The number of aromatic nitrogens is 1. The lowest BCUT2D eigenvalue weighted by Crippen LogP contribution is -2.30. The quantitative estimate of drug-likeness (QED) is 0.754. The fourth-order valence-electron chi connectivity index (χ4n) is 1.94. The summed E-state index contributed by atoms with van der Waals surface area (Å²) < 4.78 is 0. The van der Waals surface area contributed by atoms with Gasteiger partial charge >= 0.3 is 0 Å². The van der Waals surface area contributed by atoms with E-state index in [0.717, 1.165) is 19.5 Å². The van der Waals surface area contributed by atoms with Crippen LogP contribution in [0.3, 0.4) is 0 Å². The zero-order chi connectivity index (χ0) is 9.26. The van der Waals surface area contributed by atoms with Crippen molar-refractivity contribution in [3.63, 3.8) is 0 Å². The zero-order valence-corrected chi connectivity index (χ0v) is 8.63. The van der Waals surface area contributed by atoms with Crippen LogP contribution in [0.1, 0.15) is 5.69 Å². The normalized spacial score (nSPS) is 29.7. The summed E-state index contributed by atoms with van der Waals surface area (Å²) in [5.41, 5.74) is 9.10. The summed E-state index contributed by atoms with van der Waals surface area (Å²) in [4.78, 5) is 6.58. The molecule has 2 rings (SSSR count). The molecule has 1 aromatic rings. The Bertz CT molecular complexity index is 260. The van der Waals surface area contributed by atoms with E-state index < -0.39 is 0 Å². The number of nitrogens with zero attached hydrogens (tertiary/aromatic N) is 2. The molecule has 0 aromatic carbocycles. The fraction of sp³-hybridized carbons (Fsp3) is 0.667. The van der Waals surface area contributed by atoms with E-state index in [4.69, 9.17) is 5.73 Å². The Morgan fingerprint density at radius 1 is 1.69 bits per heavy atom. The number of likely N-dealkylation sites (N-methyl/N-ethyl adjacent to an activating group) is 1. The van der Waals surface area contributed by atoms with E-state index in [2.05, 4.69) is 22.3 Å². The third-order valence-electron chi connectivity index (χ3n) is 2.63. The molecular formula is C9H15N3S. The molecule has 2 N–H and O–H groups in total. The first-order valence-electron chi connectivity index (χ1n) is 4.57. The van der Waals surface area contributed by atoms with Gasteiger partial charge in [0.1, 0.15) is 0 Å². The van der Waals surface area contributed by atoms with E-state index in [9.17, 15) is 0 Å². The lowest BCUT2D eigenvalue weighted by molar-refractivity contribution is 0.394. The van der Waals surface area contributed by atoms with E-state index in [0.29, 0.717) is 12.0 Å². The molecule has 1 fully saturated rings. The van der Waals surface area contributed by atoms with Gasteiger partial charge in [-0.05, 0) is 19.4 Å². The topological polar surface area (TPSA) is 42.1 Å². The standard InChI is InChI=1S/C9H15N3S/c1-12-3-7(9(10)4-12)2-8-5-13-6-11-8/h5-7,9H,2-4,10H2,1H3. The average Bonchev–Trinajstić information content (AvgIpc) is 2.63. The molecule has 0 saturated carbocycles. The minimum absolute atomic E-state index is 0.326. The van der Waals surface area contributed by atoms with Gasteiger partial charge in [0.2, 0.25) is 0 Å². The summed E-state index contributed by atoms with van der Waals surface area (Å²) in [7, 11) is 2.13. The molecule has 0 aliphatic carbocycles. The highest BCUT2D eigenvalue weighted by molar-refractivity contribution is 7.07. The predicted molar refractivity (Wildman–Crippen MR) is 54.8 cm³/mol. The van der Waals surface area contributed by atoms with Crippen LogP contribution in [0.5, 0.6) is 0 Å². The molecule has 1 aromatic heterocycles. The third-order valence-corrected chi connectivity index (χ3v) is 3.26. The van der Waals surface area contributed by atoms with Crippen molar-refractivity contribution in [1.82, 2.24) is 9.88 Å². The molecule has 0 bridgehead atoms. The summed E-state index contributed by atoms with van der Waals surface area (Å²) in [5, 5.41) is 2.12. The summed E-state index contributed by atoms with van der Waals surface area (Å²) in [6.45, 7) is 2.13. The first-order valence-corrected chi connectivity index (χ1v) is 5.51. The molecular weight excluding hydrogens is 182 g/mol. The molecule has 0 radical (unpaired) electrons. The van der Waals surface area contributed by atoms with Gasteiger partial charge in [0, 0.05) is 24.5 Å². The SMILES string of the molecule is CN1CC(N)C(Cc2cscn2)C1. The minimum Gasteiger partial charge on any atom is -0.326 e. The van der Waals surface area contributed by atoms with E-state index in [1.54, 1.807) is 11.3 Å². The molecule has 2 heterocycles. The van der Waals surface area contributed by atoms with Crippen LogP contribution in [0, 0.1) is 5.92 Å². The molecule has 1 aliphatic rings. The maximum Gasteiger partial charge on any atom is 0.0794 e. The highest BCUT2D eigenvalue weighted by Crippen LogP contribution is 2.18. The number of rotatable bonds is 2. The van der Waals surface area contributed by atoms with Gasteiger partial charge in [-0.3, -0.25) is 0 Å². The van der Waals surface area contributed by atoms with Gasteiger partial charge in [0.25, 0.3) is 0 Å². The van der Waals surface area contributed by atoms with Crippen LogP contribution in [0.15, 0.2) is 10.9 Å².